The van der Waals surface area contributed by atoms with Crippen molar-refractivity contribution >= 4 is 27.4 Å². The summed E-state index contributed by atoms with van der Waals surface area (Å²) in [5.74, 6) is -1.16. The fourth-order valence-corrected chi connectivity index (χ4v) is 1.30. The van der Waals surface area contributed by atoms with Gasteiger partial charge in [-0.2, -0.15) is 4.39 Å². The van der Waals surface area contributed by atoms with Crippen LogP contribution in [0, 0.1) is 15.9 Å². The van der Waals surface area contributed by atoms with E-state index in [1.165, 1.54) is 12.1 Å². The van der Waals surface area contributed by atoms with Gasteiger partial charge in [0.2, 0.25) is 5.82 Å². The molecule has 0 fully saturated rings. The van der Waals surface area contributed by atoms with E-state index in [2.05, 4.69) is 15.9 Å². The molecule has 6 heteroatoms. The molecule has 0 bridgehead atoms. The Kier molecular flexibility index (Phi) is 3.90. The average Bonchev–Trinajstić information content (AvgIpc) is 2.20. The third-order valence-corrected chi connectivity index (χ3v) is 2.42. The molecule has 0 heterocycles. The molecule has 0 aliphatic heterocycles. The van der Waals surface area contributed by atoms with Crippen molar-refractivity contribution < 1.29 is 14.1 Å². The average molecular weight is 276 g/mol. The van der Waals surface area contributed by atoms with Crippen LogP contribution in [0.1, 0.15) is 5.56 Å². The molecule has 0 radical (unpaired) electrons. The summed E-state index contributed by atoms with van der Waals surface area (Å²) in [6.45, 7) is 0. The number of nitro groups is 1. The summed E-state index contributed by atoms with van der Waals surface area (Å²) in [5.41, 5.74) is -0.552. The molecule has 0 aliphatic rings. The number of ketones is 1. The number of hydrogen-bond acceptors (Lipinski definition) is 3. The van der Waals surface area contributed by atoms with Crippen LogP contribution in [-0.2, 0) is 11.2 Å². The van der Waals surface area contributed by atoms with E-state index in [9.17, 15) is 19.3 Å². The van der Waals surface area contributed by atoms with Crippen molar-refractivity contribution in [2.45, 2.75) is 6.42 Å². The summed E-state index contributed by atoms with van der Waals surface area (Å²) in [7, 11) is 0. The van der Waals surface area contributed by atoms with Gasteiger partial charge < -0.3 is 0 Å². The van der Waals surface area contributed by atoms with Crippen LogP contribution in [0.15, 0.2) is 18.2 Å². The predicted octanol–water partition coefficient (Wildman–Crippen LogP) is 2.24. The monoisotopic (exact) mass is 275 g/mol. The van der Waals surface area contributed by atoms with Crippen LogP contribution in [-0.4, -0.2) is 16.0 Å². The number of rotatable bonds is 4. The second-order valence-electron chi connectivity index (χ2n) is 2.86. The van der Waals surface area contributed by atoms with Crippen LogP contribution < -0.4 is 0 Å². The minimum Gasteiger partial charge on any atom is -0.298 e. The Hall–Kier alpha value is -1.30. The first-order chi connectivity index (χ1) is 7.06. The first-order valence-electron chi connectivity index (χ1n) is 4.05. The highest BCUT2D eigenvalue weighted by molar-refractivity contribution is 9.09. The highest BCUT2D eigenvalue weighted by Gasteiger charge is 2.18. The molecule has 0 aliphatic carbocycles. The standard InChI is InChI=1S/C9H7BrFNO3/c10-5-7(13)4-6-2-1-3-8(9(6)11)12(14)15/h1-3H,4-5H2. The zero-order chi connectivity index (χ0) is 11.4. The molecule has 1 aromatic carbocycles. The lowest BCUT2D eigenvalue weighted by Crippen LogP contribution is -2.06. The van der Waals surface area contributed by atoms with Crippen LogP contribution in [0.25, 0.3) is 0 Å². The number of carbonyl (C=O) groups is 1. The predicted molar refractivity (Wildman–Crippen MR) is 55.6 cm³/mol. The molecule has 0 saturated carbocycles. The van der Waals surface area contributed by atoms with E-state index in [1.807, 2.05) is 0 Å². The van der Waals surface area contributed by atoms with Crippen LogP contribution >= 0.6 is 15.9 Å². The number of hydrogen-bond donors (Lipinski definition) is 0. The van der Waals surface area contributed by atoms with Gasteiger partial charge >= 0.3 is 5.69 Å². The largest absolute Gasteiger partial charge is 0.305 e. The maximum atomic E-state index is 13.4. The number of nitrogens with zero attached hydrogens (tertiary/aromatic N) is 1. The smallest absolute Gasteiger partial charge is 0.298 e. The van der Waals surface area contributed by atoms with Crippen molar-refractivity contribution in [3.63, 3.8) is 0 Å². The lowest BCUT2D eigenvalue weighted by molar-refractivity contribution is -0.387. The van der Waals surface area contributed by atoms with Crippen LogP contribution in [0.2, 0.25) is 0 Å². The third kappa shape index (κ3) is 2.82. The second kappa shape index (κ2) is 4.97. The molecule has 0 unspecified atom stereocenters. The topological polar surface area (TPSA) is 60.2 Å². The Bertz CT molecular complexity index is 408. The minimum atomic E-state index is -0.934. The van der Waals surface area contributed by atoms with E-state index < -0.39 is 16.4 Å². The Morgan fingerprint density at radius 3 is 2.73 bits per heavy atom. The van der Waals surface area contributed by atoms with E-state index in [1.54, 1.807) is 0 Å². The van der Waals surface area contributed by atoms with Gasteiger partial charge in [0, 0.05) is 18.1 Å². The molecule has 0 saturated heterocycles. The molecule has 0 aromatic heterocycles. The van der Waals surface area contributed by atoms with Gasteiger partial charge in [0.05, 0.1) is 10.3 Å². The van der Waals surface area contributed by atoms with Crippen molar-refractivity contribution in [2.24, 2.45) is 0 Å². The van der Waals surface area contributed by atoms with Gasteiger partial charge in [-0.25, -0.2) is 0 Å². The molecular weight excluding hydrogens is 269 g/mol. The van der Waals surface area contributed by atoms with E-state index in [0.29, 0.717) is 0 Å². The van der Waals surface area contributed by atoms with Crippen molar-refractivity contribution in [2.75, 3.05) is 5.33 Å². The first kappa shape index (κ1) is 11.8. The normalized spacial score (nSPS) is 10.0. The summed E-state index contributed by atoms with van der Waals surface area (Å²) in [6, 6.07) is 3.79. The third-order valence-electron chi connectivity index (χ3n) is 1.79. The van der Waals surface area contributed by atoms with Crippen LogP contribution in [0.3, 0.4) is 0 Å². The fraction of sp³-hybridized carbons (Fsp3) is 0.222. The van der Waals surface area contributed by atoms with E-state index in [0.717, 1.165) is 6.07 Å². The summed E-state index contributed by atoms with van der Waals surface area (Å²) in [6.07, 6.45) is -0.140. The molecule has 0 atom stereocenters. The summed E-state index contributed by atoms with van der Waals surface area (Å²) >= 11 is 2.94. The number of Topliss-reactive ketones (excluding diaryl/α,β-unsaturated/α-hetero) is 1. The summed E-state index contributed by atoms with van der Waals surface area (Å²) in [4.78, 5) is 20.6. The Morgan fingerprint density at radius 2 is 2.20 bits per heavy atom. The Morgan fingerprint density at radius 1 is 1.53 bits per heavy atom. The molecule has 0 spiro atoms. The zero-order valence-corrected chi connectivity index (χ0v) is 9.16. The molecular formula is C9H7BrFNO3. The number of benzene rings is 1. The molecule has 80 valence electrons. The lowest BCUT2D eigenvalue weighted by atomic mass is 10.1. The van der Waals surface area contributed by atoms with Crippen molar-refractivity contribution in [1.29, 1.82) is 0 Å². The van der Waals surface area contributed by atoms with Gasteiger partial charge in [0.15, 0.2) is 0 Å². The number of nitro benzene ring substituents is 1. The highest BCUT2D eigenvalue weighted by atomic mass is 79.9. The van der Waals surface area contributed by atoms with Crippen LogP contribution in [0.4, 0.5) is 10.1 Å². The maximum Gasteiger partial charge on any atom is 0.305 e. The van der Waals surface area contributed by atoms with Gasteiger partial charge in [-0.1, -0.05) is 28.1 Å². The summed E-state index contributed by atoms with van der Waals surface area (Å²) < 4.78 is 13.4. The van der Waals surface area contributed by atoms with Gasteiger partial charge in [0.25, 0.3) is 0 Å². The van der Waals surface area contributed by atoms with E-state index in [-0.39, 0.29) is 23.1 Å². The van der Waals surface area contributed by atoms with Gasteiger partial charge in [-0.05, 0) is 0 Å². The number of alkyl halides is 1. The number of halogens is 2. The molecule has 0 amide bonds. The maximum absolute atomic E-state index is 13.4. The SMILES string of the molecule is O=C(CBr)Cc1cccc([N+](=O)[O-])c1F. The molecule has 4 nitrogen and oxygen atoms in total. The van der Waals surface area contributed by atoms with E-state index in [4.69, 9.17) is 0 Å². The lowest BCUT2D eigenvalue weighted by Gasteiger charge is -2.01. The zero-order valence-electron chi connectivity index (χ0n) is 7.57. The highest BCUT2D eigenvalue weighted by Crippen LogP contribution is 2.20. The van der Waals surface area contributed by atoms with Gasteiger partial charge in [0.1, 0.15) is 5.78 Å². The quantitative estimate of drug-likeness (QED) is 0.481. The van der Waals surface area contributed by atoms with Crippen molar-refractivity contribution in [3.05, 3.63) is 39.7 Å². The fourth-order valence-electron chi connectivity index (χ4n) is 1.10. The Balaban J connectivity index is 3.04. The first-order valence-corrected chi connectivity index (χ1v) is 5.18. The molecule has 0 N–H and O–H groups in total. The molecule has 15 heavy (non-hydrogen) atoms. The van der Waals surface area contributed by atoms with Crippen molar-refractivity contribution in [3.8, 4) is 0 Å². The van der Waals surface area contributed by atoms with Crippen LogP contribution in [0.5, 0.6) is 0 Å². The summed E-state index contributed by atoms with van der Waals surface area (Å²) in [5, 5.41) is 10.5. The van der Waals surface area contributed by atoms with Crippen molar-refractivity contribution in [1.82, 2.24) is 0 Å². The van der Waals surface area contributed by atoms with E-state index >= 15 is 0 Å². The Labute approximate surface area is 93.4 Å². The second-order valence-corrected chi connectivity index (χ2v) is 3.42. The minimum absolute atomic E-state index is 0.0497. The van der Waals surface area contributed by atoms with Gasteiger partial charge in [-0.15, -0.1) is 0 Å². The van der Waals surface area contributed by atoms with Gasteiger partial charge in [-0.3, -0.25) is 14.9 Å². The molecule has 1 aromatic rings. The number of carbonyl (C=O) groups excluding carboxylic acids is 1. The molecule has 1 rings (SSSR count).